The molecule has 0 aliphatic heterocycles. The van der Waals surface area contributed by atoms with Crippen LogP contribution in [-0.4, -0.2) is 19.0 Å². The zero-order valence-electron chi connectivity index (χ0n) is 16.8. The maximum atomic E-state index is 12.4. The topological polar surface area (TPSA) is 68.5 Å². The minimum atomic E-state index is -0.393. The fourth-order valence-corrected chi connectivity index (χ4v) is 4.96. The van der Waals surface area contributed by atoms with E-state index in [-0.39, 0.29) is 11.3 Å². The number of furan rings is 1. The number of anilines is 1. The van der Waals surface area contributed by atoms with Gasteiger partial charge >= 0.3 is 5.97 Å². The first kappa shape index (κ1) is 20.4. The highest BCUT2D eigenvalue weighted by atomic mass is 32.1. The van der Waals surface area contributed by atoms with Crippen LogP contribution in [0.25, 0.3) is 6.08 Å². The Morgan fingerprint density at radius 2 is 2.21 bits per heavy atom. The van der Waals surface area contributed by atoms with Gasteiger partial charge in [-0.05, 0) is 54.4 Å². The fourth-order valence-electron chi connectivity index (χ4n) is 3.65. The van der Waals surface area contributed by atoms with Crippen LogP contribution in [0.15, 0.2) is 28.9 Å². The van der Waals surface area contributed by atoms with Gasteiger partial charge in [0.05, 0.1) is 18.9 Å². The standard InChI is InChI=1S/C22H27NO4S/c1-5-22(2,3)14-8-10-16-17(13-14)28-20(19(16)21(25)26-4)23-18(24)11-9-15-7-6-12-27-15/h6-7,9,11-12,14H,5,8,10,13H2,1-4H3,(H,23,24)/b11-9+. The molecule has 0 saturated heterocycles. The maximum absolute atomic E-state index is 12.4. The number of carbonyl (C=O) groups is 2. The summed E-state index contributed by atoms with van der Waals surface area (Å²) in [6.07, 6.45) is 8.48. The van der Waals surface area contributed by atoms with E-state index in [1.165, 1.54) is 29.4 Å². The van der Waals surface area contributed by atoms with E-state index in [2.05, 4.69) is 26.1 Å². The first-order chi connectivity index (χ1) is 13.4. The second-order valence-corrected chi connectivity index (χ2v) is 8.92. The first-order valence-electron chi connectivity index (χ1n) is 9.61. The number of hydrogen-bond donors (Lipinski definition) is 1. The number of carbonyl (C=O) groups excluding carboxylic acids is 2. The summed E-state index contributed by atoms with van der Waals surface area (Å²) in [6, 6.07) is 3.53. The lowest BCUT2D eigenvalue weighted by Gasteiger charge is -2.36. The molecule has 1 aliphatic carbocycles. The van der Waals surface area contributed by atoms with Gasteiger partial charge in [0.1, 0.15) is 10.8 Å². The van der Waals surface area contributed by atoms with Crippen molar-refractivity contribution in [3.8, 4) is 0 Å². The van der Waals surface area contributed by atoms with E-state index in [1.54, 1.807) is 24.5 Å². The lowest BCUT2D eigenvalue weighted by atomic mass is 9.69. The maximum Gasteiger partial charge on any atom is 0.341 e. The number of ether oxygens (including phenoxy) is 1. The van der Waals surface area contributed by atoms with Crippen LogP contribution < -0.4 is 5.32 Å². The van der Waals surface area contributed by atoms with E-state index in [1.807, 2.05) is 0 Å². The molecule has 1 amide bonds. The van der Waals surface area contributed by atoms with Crippen LogP contribution in [-0.2, 0) is 22.4 Å². The molecule has 0 aromatic carbocycles. The zero-order valence-corrected chi connectivity index (χ0v) is 17.7. The molecule has 2 heterocycles. The average molecular weight is 402 g/mol. The van der Waals surface area contributed by atoms with E-state index in [9.17, 15) is 9.59 Å². The quantitative estimate of drug-likeness (QED) is 0.525. The normalized spacial score (nSPS) is 16.8. The molecule has 0 radical (unpaired) electrons. The van der Waals surface area contributed by atoms with Gasteiger partial charge in [0, 0.05) is 11.0 Å². The molecule has 5 nitrogen and oxygen atoms in total. The summed E-state index contributed by atoms with van der Waals surface area (Å²) in [4.78, 5) is 26.0. The highest BCUT2D eigenvalue weighted by molar-refractivity contribution is 7.17. The molecule has 0 fully saturated rings. The molecule has 1 unspecified atom stereocenters. The lowest BCUT2D eigenvalue weighted by Crippen LogP contribution is -2.28. The molecule has 6 heteroatoms. The highest BCUT2D eigenvalue weighted by Crippen LogP contribution is 2.45. The van der Waals surface area contributed by atoms with E-state index < -0.39 is 5.97 Å². The predicted octanol–water partition coefficient (Wildman–Crippen LogP) is 5.32. The summed E-state index contributed by atoms with van der Waals surface area (Å²) in [5.41, 5.74) is 1.79. The monoisotopic (exact) mass is 401 g/mol. The minimum Gasteiger partial charge on any atom is -0.465 e. The van der Waals surface area contributed by atoms with Gasteiger partial charge in [-0.3, -0.25) is 4.79 Å². The molecule has 2 aromatic heterocycles. The zero-order chi connectivity index (χ0) is 20.3. The van der Waals surface area contributed by atoms with E-state index in [0.29, 0.717) is 22.2 Å². The Balaban J connectivity index is 1.85. The largest absolute Gasteiger partial charge is 0.465 e. The van der Waals surface area contributed by atoms with Crippen LogP contribution >= 0.6 is 11.3 Å². The van der Waals surface area contributed by atoms with Crippen LogP contribution in [0.3, 0.4) is 0 Å². The number of fused-ring (bicyclic) bond motifs is 1. The second-order valence-electron chi connectivity index (χ2n) is 7.82. The first-order valence-corrected chi connectivity index (χ1v) is 10.4. The Hall–Kier alpha value is -2.34. The molecule has 0 bridgehead atoms. The summed E-state index contributed by atoms with van der Waals surface area (Å²) in [7, 11) is 1.38. The van der Waals surface area contributed by atoms with Crippen molar-refractivity contribution in [2.24, 2.45) is 11.3 Å². The number of methoxy groups -OCH3 is 1. The van der Waals surface area contributed by atoms with Crippen molar-refractivity contribution in [2.75, 3.05) is 12.4 Å². The van der Waals surface area contributed by atoms with Crippen molar-refractivity contribution in [3.63, 3.8) is 0 Å². The Morgan fingerprint density at radius 3 is 2.86 bits per heavy atom. The van der Waals surface area contributed by atoms with Crippen molar-refractivity contribution in [3.05, 3.63) is 46.2 Å². The number of nitrogens with one attached hydrogen (secondary N) is 1. The predicted molar refractivity (Wildman–Crippen MR) is 112 cm³/mol. The third kappa shape index (κ3) is 4.22. The van der Waals surface area contributed by atoms with Crippen LogP contribution in [0.2, 0.25) is 0 Å². The van der Waals surface area contributed by atoms with Crippen LogP contribution in [0.5, 0.6) is 0 Å². The summed E-state index contributed by atoms with van der Waals surface area (Å²) in [5.74, 6) is 0.469. The molecule has 0 spiro atoms. The lowest BCUT2D eigenvalue weighted by molar-refractivity contribution is -0.111. The third-order valence-corrected chi connectivity index (χ3v) is 7.02. The summed E-state index contributed by atoms with van der Waals surface area (Å²) in [6.45, 7) is 6.83. The Morgan fingerprint density at radius 1 is 1.43 bits per heavy atom. The number of thiophene rings is 1. The Bertz CT molecular complexity index is 877. The summed E-state index contributed by atoms with van der Waals surface area (Å²) >= 11 is 1.50. The molecule has 150 valence electrons. The third-order valence-electron chi connectivity index (χ3n) is 5.85. The minimum absolute atomic E-state index is 0.252. The van der Waals surface area contributed by atoms with Gasteiger partial charge in [-0.2, -0.15) is 0 Å². The molecule has 1 aliphatic rings. The van der Waals surface area contributed by atoms with E-state index in [4.69, 9.17) is 9.15 Å². The van der Waals surface area contributed by atoms with Gasteiger partial charge in [0.2, 0.25) is 5.91 Å². The van der Waals surface area contributed by atoms with Gasteiger partial charge < -0.3 is 14.5 Å². The molecule has 28 heavy (non-hydrogen) atoms. The van der Waals surface area contributed by atoms with Crippen LogP contribution in [0, 0.1) is 11.3 Å². The molecule has 3 rings (SSSR count). The van der Waals surface area contributed by atoms with Gasteiger partial charge in [0.15, 0.2) is 0 Å². The van der Waals surface area contributed by atoms with Crippen LogP contribution in [0.4, 0.5) is 5.00 Å². The highest BCUT2D eigenvalue weighted by Gasteiger charge is 2.35. The molecular formula is C22H27NO4S. The SMILES string of the molecule is CCC(C)(C)C1CCc2c(sc(NC(=O)/C=C/c3ccco3)c2C(=O)OC)C1. The smallest absolute Gasteiger partial charge is 0.341 e. The van der Waals surface area contributed by atoms with Gasteiger partial charge in [0.25, 0.3) is 0 Å². The molecule has 1 N–H and O–H groups in total. The Labute approximate surface area is 169 Å². The molecular weight excluding hydrogens is 374 g/mol. The van der Waals surface area contributed by atoms with Gasteiger partial charge in [-0.25, -0.2) is 4.79 Å². The summed E-state index contributed by atoms with van der Waals surface area (Å²) < 4.78 is 10.2. The second kappa shape index (κ2) is 8.35. The van der Waals surface area contributed by atoms with Crippen molar-refractivity contribution in [1.29, 1.82) is 0 Å². The average Bonchev–Trinajstić information content (AvgIpc) is 3.32. The van der Waals surface area contributed by atoms with Crippen molar-refractivity contribution in [2.45, 2.75) is 46.5 Å². The van der Waals surface area contributed by atoms with Crippen LogP contribution in [0.1, 0.15) is 60.2 Å². The number of rotatable bonds is 6. The van der Waals surface area contributed by atoms with Crippen molar-refractivity contribution in [1.82, 2.24) is 0 Å². The van der Waals surface area contributed by atoms with Crippen molar-refractivity contribution < 1.29 is 18.7 Å². The summed E-state index contributed by atoms with van der Waals surface area (Å²) in [5, 5.41) is 3.43. The Kier molecular flexibility index (Phi) is 6.08. The molecule has 0 saturated carbocycles. The van der Waals surface area contributed by atoms with Crippen molar-refractivity contribution >= 4 is 34.3 Å². The molecule has 1 atom stereocenters. The van der Waals surface area contributed by atoms with Gasteiger partial charge in [-0.15, -0.1) is 11.3 Å². The number of amides is 1. The molecule has 2 aromatic rings. The fraction of sp³-hybridized carbons (Fsp3) is 0.455. The number of hydrogen-bond acceptors (Lipinski definition) is 5. The van der Waals surface area contributed by atoms with E-state index in [0.717, 1.165) is 31.2 Å². The van der Waals surface area contributed by atoms with Gasteiger partial charge in [-0.1, -0.05) is 27.2 Å². The van der Waals surface area contributed by atoms with E-state index >= 15 is 0 Å². The number of esters is 1.